The van der Waals surface area contributed by atoms with E-state index in [4.69, 9.17) is 4.74 Å². The number of aryl methyl sites for hydroxylation is 1. The number of ether oxygens (including phenoxy) is 1. The lowest BCUT2D eigenvalue weighted by molar-refractivity contribution is -0.142. The zero-order valence-electron chi connectivity index (χ0n) is 16.6. The molecule has 5 nitrogen and oxygen atoms in total. The van der Waals surface area contributed by atoms with E-state index in [0.29, 0.717) is 0 Å². The van der Waals surface area contributed by atoms with Gasteiger partial charge in [-0.3, -0.25) is 4.79 Å². The normalized spacial score (nSPS) is 16.9. The molecule has 1 aliphatic rings. The second-order valence-electron chi connectivity index (χ2n) is 7.71. The number of aliphatic carboxylic acids is 1. The highest BCUT2D eigenvalue weighted by Crippen LogP contribution is 2.36. The number of hydrogen-bond donors (Lipinski definition) is 1. The van der Waals surface area contributed by atoms with Crippen LogP contribution in [-0.2, 0) is 25.8 Å². The van der Waals surface area contributed by atoms with Gasteiger partial charge in [-0.15, -0.1) is 0 Å². The Labute approximate surface area is 174 Å². The molecule has 8 heteroatoms. The molecule has 0 aromatic heterocycles. The maximum Gasteiger partial charge on any atom is 0.325 e. The number of sulfone groups is 1. The summed E-state index contributed by atoms with van der Waals surface area (Å²) in [7, 11) is -4.10. The van der Waals surface area contributed by atoms with Crippen LogP contribution in [0.25, 0.3) is 11.1 Å². The van der Waals surface area contributed by atoms with Crippen LogP contribution in [0.2, 0.25) is 0 Å². The molecule has 0 spiro atoms. The lowest BCUT2D eigenvalue weighted by atomic mass is 9.99. The fourth-order valence-electron chi connectivity index (χ4n) is 3.58. The molecule has 0 unspecified atom stereocenters. The molecule has 2 aromatic rings. The highest BCUT2D eigenvalue weighted by Gasteiger charge is 2.52. The monoisotopic (exact) mass is 438 g/mol. The van der Waals surface area contributed by atoms with E-state index in [-0.39, 0.29) is 43.8 Å². The van der Waals surface area contributed by atoms with Gasteiger partial charge in [-0.25, -0.2) is 17.2 Å². The van der Waals surface area contributed by atoms with E-state index in [2.05, 4.69) is 0 Å². The van der Waals surface area contributed by atoms with Crippen molar-refractivity contribution in [2.24, 2.45) is 0 Å². The molecule has 0 atom stereocenters. The van der Waals surface area contributed by atoms with Gasteiger partial charge in [0, 0.05) is 32.5 Å². The summed E-state index contributed by atoms with van der Waals surface area (Å²) in [5.74, 6) is -4.07. The van der Waals surface area contributed by atoms with Crippen LogP contribution in [0.1, 0.15) is 31.7 Å². The third-order valence-corrected chi connectivity index (χ3v) is 8.01. The van der Waals surface area contributed by atoms with Crippen molar-refractivity contribution < 1.29 is 31.8 Å². The molecule has 0 amide bonds. The summed E-state index contributed by atoms with van der Waals surface area (Å²) in [6.45, 7) is 1.06. The minimum absolute atomic E-state index is 0.0441. The summed E-state index contributed by atoms with van der Waals surface area (Å²) in [6.07, 6.45) is -0.146. The van der Waals surface area contributed by atoms with E-state index in [1.807, 2.05) is 0 Å². The van der Waals surface area contributed by atoms with Gasteiger partial charge in [-0.1, -0.05) is 36.4 Å². The predicted molar refractivity (Wildman–Crippen MR) is 108 cm³/mol. The number of benzene rings is 2. The van der Waals surface area contributed by atoms with E-state index in [0.717, 1.165) is 23.6 Å². The number of rotatable bonds is 7. The largest absolute Gasteiger partial charge is 0.480 e. The first-order valence-electron chi connectivity index (χ1n) is 9.68. The van der Waals surface area contributed by atoms with Crippen molar-refractivity contribution in [3.05, 3.63) is 54.1 Å². The molecule has 2 aromatic carbocycles. The Bertz CT molecular complexity index is 987. The van der Waals surface area contributed by atoms with Crippen LogP contribution in [0.5, 0.6) is 0 Å². The van der Waals surface area contributed by atoms with Crippen LogP contribution in [0.15, 0.2) is 53.4 Å². The minimum atomic E-state index is -4.10. The van der Waals surface area contributed by atoms with Crippen LogP contribution in [-0.4, -0.2) is 43.4 Å². The first-order chi connectivity index (χ1) is 14.1. The fourth-order valence-corrected chi connectivity index (χ4v) is 5.46. The molecule has 0 saturated carbocycles. The molecule has 162 valence electrons. The van der Waals surface area contributed by atoms with Crippen LogP contribution in [0.3, 0.4) is 0 Å². The van der Waals surface area contributed by atoms with Crippen molar-refractivity contribution in [2.45, 2.75) is 48.2 Å². The Balaban J connectivity index is 1.81. The highest BCUT2D eigenvalue weighted by atomic mass is 32.2. The molecule has 30 heavy (non-hydrogen) atoms. The van der Waals surface area contributed by atoms with Crippen molar-refractivity contribution in [3.63, 3.8) is 0 Å². The molecule has 1 heterocycles. The van der Waals surface area contributed by atoms with Gasteiger partial charge >= 0.3 is 5.97 Å². The molecule has 1 aliphatic heterocycles. The van der Waals surface area contributed by atoms with Crippen LogP contribution in [0.4, 0.5) is 8.78 Å². The number of carbonyl (C=O) groups is 1. The number of halogens is 2. The number of hydrogen-bond acceptors (Lipinski definition) is 4. The van der Waals surface area contributed by atoms with Crippen LogP contribution in [0, 0.1) is 0 Å². The van der Waals surface area contributed by atoms with E-state index in [1.165, 1.54) is 12.1 Å². The summed E-state index contributed by atoms with van der Waals surface area (Å²) < 4.78 is 55.5. The third kappa shape index (κ3) is 4.54. The Morgan fingerprint density at radius 3 is 2.00 bits per heavy atom. The summed E-state index contributed by atoms with van der Waals surface area (Å²) in [6, 6.07) is 13.2. The van der Waals surface area contributed by atoms with Crippen LogP contribution >= 0.6 is 0 Å². The zero-order chi connectivity index (χ0) is 22.0. The molecule has 0 radical (unpaired) electrons. The summed E-state index contributed by atoms with van der Waals surface area (Å²) in [5, 5.41) is 9.66. The second kappa shape index (κ2) is 8.43. The lowest BCUT2D eigenvalue weighted by Crippen LogP contribution is -2.50. The lowest BCUT2D eigenvalue weighted by Gasteiger charge is -2.32. The molecule has 0 bridgehead atoms. The number of carboxylic acid groups (broad SMARTS) is 1. The third-order valence-electron chi connectivity index (χ3n) is 5.51. The molecular formula is C22H24F2O5S. The van der Waals surface area contributed by atoms with E-state index >= 15 is 0 Å². The Kier molecular flexibility index (Phi) is 6.29. The van der Waals surface area contributed by atoms with Gasteiger partial charge in [0.1, 0.15) is 0 Å². The van der Waals surface area contributed by atoms with Crippen molar-refractivity contribution in [2.75, 3.05) is 13.2 Å². The summed E-state index contributed by atoms with van der Waals surface area (Å²) in [5.41, 5.74) is 2.35. The van der Waals surface area contributed by atoms with Crippen LogP contribution < -0.4 is 0 Å². The molecule has 3 rings (SSSR count). The quantitative estimate of drug-likeness (QED) is 0.695. The summed E-state index contributed by atoms with van der Waals surface area (Å²) in [4.78, 5) is 11.8. The van der Waals surface area contributed by atoms with Crippen molar-refractivity contribution >= 4 is 15.8 Å². The highest BCUT2D eigenvalue weighted by molar-refractivity contribution is 7.93. The Morgan fingerprint density at radius 1 is 1.03 bits per heavy atom. The first kappa shape index (κ1) is 22.4. The standard InChI is InChI=1S/C22H24F2O5S/c1-21(23,24)11-10-16-2-4-17(5-3-16)18-6-8-19(9-7-18)30(27,28)22(20(25)26)12-14-29-15-13-22/h2-9H,10-15H2,1H3,(H,25,26). The van der Waals surface area contributed by atoms with Gasteiger partial charge in [0.2, 0.25) is 5.92 Å². The van der Waals surface area contributed by atoms with Gasteiger partial charge in [-0.05, 0) is 42.2 Å². The van der Waals surface area contributed by atoms with Crippen molar-refractivity contribution in [3.8, 4) is 11.1 Å². The van der Waals surface area contributed by atoms with E-state index in [9.17, 15) is 27.1 Å². The van der Waals surface area contributed by atoms with Gasteiger partial charge in [-0.2, -0.15) is 0 Å². The molecule has 0 aliphatic carbocycles. The molecule has 1 N–H and O–H groups in total. The van der Waals surface area contributed by atoms with Gasteiger partial charge in [0.05, 0.1) is 4.90 Å². The predicted octanol–water partition coefficient (Wildman–Crippen LogP) is 4.35. The fraction of sp³-hybridized carbons (Fsp3) is 0.409. The van der Waals surface area contributed by atoms with E-state index in [1.54, 1.807) is 36.4 Å². The molecule has 1 saturated heterocycles. The van der Waals surface area contributed by atoms with Gasteiger partial charge < -0.3 is 9.84 Å². The Morgan fingerprint density at radius 2 is 1.53 bits per heavy atom. The average Bonchev–Trinajstić information content (AvgIpc) is 2.72. The SMILES string of the molecule is CC(F)(F)CCc1ccc(-c2ccc(S(=O)(=O)C3(C(=O)O)CCOCC3)cc2)cc1. The maximum atomic E-state index is 13.1. The van der Waals surface area contributed by atoms with Crippen molar-refractivity contribution in [1.29, 1.82) is 0 Å². The number of carboxylic acids is 1. The minimum Gasteiger partial charge on any atom is -0.480 e. The average molecular weight is 438 g/mol. The first-order valence-corrected chi connectivity index (χ1v) is 11.2. The smallest absolute Gasteiger partial charge is 0.325 e. The van der Waals surface area contributed by atoms with Crippen molar-refractivity contribution in [1.82, 2.24) is 0 Å². The second-order valence-corrected chi connectivity index (χ2v) is 9.97. The van der Waals surface area contributed by atoms with Gasteiger partial charge in [0.25, 0.3) is 0 Å². The summed E-state index contributed by atoms with van der Waals surface area (Å²) >= 11 is 0. The number of alkyl halides is 2. The van der Waals surface area contributed by atoms with E-state index < -0.39 is 26.5 Å². The molecular weight excluding hydrogens is 414 g/mol. The zero-order valence-corrected chi connectivity index (χ0v) is 17.4. The maximum absolute atomic E-state index is 13.1. The molecule has 1 fully saturated rings. The van der Waals surface area contributed by atoms with Gasteiger partial charge in [0.15, 0.2) is 14.6 Å². The Hall–Kier alpha value is -2.32. The topological polar surface area (TPSA) is 80.7 Å².